The van der Waals surface area contributed by atoms with Crippen LogP contribution < -0.4 is 0 Å². The number of carboxylic acids is 1. The zero-order chi connectivity index (χ0) is 9.84. The lowest BCUT2D eigenvalue weighted by Gasteiger charge is -1.87. The molecular formula is C9H7NO3. The van der Waals surface area contributed by atoms with Crippen LogP contribution in [0.1, 0.15) is 11.5 Å². The third-order valence-corrected chi connectivity index (χ3v) is 1.40. The molecule has 13 heavy (non-hydrogen) atoms. The molecule has 0 aromatic carbocycles. The van der Waals surface area contributed by atoms with Crippen molar-refractivity contribution in [1.29, 1.82) is 5.26 Å². The standard InChI is InChI=1S/C9H7NO3/c1-6-2-3-8(13-6)4-7(5-10)9(11)12/h2-4H,1H3,(H,11,12). The van der Waals surface area contributed by atoms with Crippen LogP contribution in [0.15, 0.2) is 22.1 Å². The van der Waals surface area contributed by atoms with Crippen LogP contribution in [0.5, 0.6) is 0 Å². The molecule has 0 amide bonds. The summed E-state index contributed by atoms with van der Waals surface area (Å²) in [6, 6.07) is 4.86. The monoisotopic (exact) mass is 177 g/mol. The maximum Gasteiger partial charge on any atom is 0.346 e. The van der Waals surface area contributed by atoms with Gasteiger partial charge in [-0.2, -0.15) is 5.26 Å². The summed E-state index contributed by atoms with van der Waals surface area (Å²) in [5.74, 6) is -0.207. The molecule has 1 aromatic heterocycles. The topological polar surface area (TPSA) is 74.2 Å². The Hall–Kier alpha value is -2.02. The smallest absolute Gasteiger partial charge is 0.346 e. The average molecular weight is 177 g/mol. The lowest BCUT2D eigenvalue weighted by Crippen LogP contribution is -1.96. The summed E-state index contributed by atoms with van der Waals surface area (Å²) in [6.45, 7) is 1.74. The number of carboxylic acid groups (broad SMARTS) is 1. The van der Waals surface area contributed by atoms with Crippen molar-refractivity contribution in [3.8, 4) is 6.07 Å². The zero-order valence-electron chi connectivity index (χ0n) is 6.94. The second kappa shape index (κ2) is 3.59. The Morgan fingerprint density at radius 1 is 1.69 bits per heavy atom. The minimum absolute atomic E-state index is 0.339. The van der Waals surface area contributed by atoms with Crippen LogP contribution in [0.2, 0.25) is 0 Å². The first-order chi connectivity index (χ1) is 6.13. The van der Waals surface area contributed by atoms with E-state index < -0.39 is 5.97 Å². The van der Waals surface area contributed by atoms with Gasteiger partial charge in [-0.05, 0) is 19.1 Å². The van der Waals surface area contributed by atoms with E-state index in [4.69, 9.17) is 14.8 Å². The van der Waals surface area contributed by atoms with Crippen molar-refractivity contribution in [3.05, 3.63) is 29.2 Å². The van der Waals surface area contributed by atoms with Crippen molar-refractivity contribution < 1.29 is 14.3 Å². The lowest BCUT2D eigenvalue weighted by molar-refractivity contribution is -0.132. The Morgan fingerprint density at radius 3 is 2.77 bits per heavy atom. The second-order valence-corrected chi connectivity index (χ2v) is 2.42. The van der Waals surface area contributed by atoms with Gasteiger partial charge in [-0.15, -0.1) is 0 Å². The van der Waals surface area contributed by atoms with E-state index in [1.807, 2.05) is 0 Å². The molecule has 0 aliphatic heterocycles. The Bertz CT molecular complexity index is 395. The van der Waals surface area contributed by atoms with E-state index in [1.165, 1.54) is 6.08 Å². The Morgan fingerprint density at radius 2 is 2.38 bits per heavy atom. The first-order valence-corrected chi connectivity index (χ1v) is 3.55. The number of hydrogen-bond donors (Lipinski definition) is 1. The Balaban J connectivity index is 3.00. The van der Waals surface area contributed by atoms with E-state index in [1.54, 1.807) is 25.1 Å². The van der Waals surface area contributed by atoms with Crippen molar-refractivity contribution in [2.75, 3.05) is 0 Å². The predicted octanol–water partition coefficient (Wildman–Crippen LogP) is 1.58. The minimum Gasteiger partial charge on any atom is -0.477 e. The highest BCUT2D eigenvalue weighted by atomic mass is 16.4. The number of rotatable bonds is 2. The third-order valence-electron chi connectivity index (χ3n) is 1.40. The molecule has 1 rings (SSSR count). The number of aryl methyl sites for hydroxylation is 1. The molecule has 1 heterocycles. The summed E-state index contributed by atoms with van der Waals surface area (Å²) in [5.41, 5.74) is -0.339. The highest BCUT2D eigenvalue weighted by Crippen LogP contribution is 2.10. The van der Waals surface area contributed by atoms with Gasteiger partial charge in [-0.1, -0.05) is 0 Å². The van der Waals surface area contributed by atoms with Crippen LogP contribution >= 0.6 is 0 Å². The van der Waals surface area contributed by atoms with E-state index in [0.29, 0.717) is 11.5 Å². The molecule has 1 aromatic rings. The van der Waals surface area contributed by atoms with Crippen molar-refractivity contribution >= 4 is 12.0 Å². The molecule has 1 N–H and O–H groups in total. The van der Waals surface area contributed by atoms with Crippen molar-refractivity contribution in [1.82, 2.24) is 0 Å². The van der Waals surface area contributed by atoms with E-state index >= 15 is 0 Å². The fraction of sp³-hybridized carbons (Fsp3) is 0.111. The van der Waals surface area contributed by atoms with E-state index in [2.05, 4.69) is 0 Å². The van der Waals surface area contributed by atoms with Gasteiger partial charge in [0, 0.05) is 6.08 Å². The Kier molecular flexibility index (Phi) is 2.50. The molecule has 0 fully saturated rings. The summed E-state index contributed by atoms with van der Waals surface area (Å²) in [7, 11) is 0. The summed E-state index contributed by atoms with van der Waals surface area (Å²) < 4.78 is 5.08. The molecule has 4 heteroatoms. The number of furan rings is 1. The summed E-state index contributed by atoms with van der Waals surface area (Å²) >= 11 is 0. The van der Waals surface area contributed by atoms with Gasteiger partial charge < -0.3 is 9.52 Å². The fourth-order valence-corrected chi connectivity index (χ4v) is 0.815. The highest BCUT2D eigenvalue weighted by Gasteiger charge is 2.06. The van der Waals surface area contributed by atoms with Crippen LogP contribution in [-0.2, 0) is 4.79 Å². The fourth-order valence-electron chi connectivity index (χ4n) is 0.815. The quantitative estimate of drug-likeness (QED) is 0.549. The maximum absolute atomic E-state index is 10.4. The number of nitriles is 1. The Labute approximate surface area is 74.7 Å². The SMILES string of the molecule is Cc1ccc(C=C(C#N)C(=O)O)o1. The third kappa shape index (κ3) is 2.20. The van der Waals surface area contributed by atoms with Gasteiger partial charge in [0.15, 0.2) is 0 Å². The molecule has 0 spiro atoms. The first-order valence-electron chi connectivity index (χ1n) is 3.55. The second-order valence-electron chi connectivity index (χ2n) is 2.42. The molecule has 0 aliphatic carbocycles. The summed E-state index contributed by atoms with van der Waals surface area (Å²) in [4.78, 5) is 10.4. The van der Waals surface area contributed by atoms with Gasteiger partial charge in [-0.3, -0.25) is 0 Å². The molecule has 0 saturated carbocycles. The number of aliphatic carboxylic acids is 1. The van der Waals surface area contributed by atoms with Crippen LogP contribution in [0, 0.1) is 18.3 Å². The predicted molar refractivity (Wildman–Crippen MR) is 44.7 cm³/mol. The molecule has 0 atom stereocenters. The molecule has 0 unspecified atom stereocenters. The average Bonchev–Trinajstić information content (AvgIpc) is 2.46. The summed E-state index contributed by atoms with van der Waals surface area (Å²) in [6.07, 6.45) is 1.19. The lowest BCUT2D eigenvalue weighted by atomic mass is 10.2. The highest BCUT2D eigenvalue weighted by molar-refractivity contribution is 5.96. The normalized spacial score (nSPS) is 10.9. The van der Waals surface area contributed by atoms with Gasteiger partial charge >= 0.3 is 5.97 Å². The molecule has 0 radical (unpaired) electrons. The number of hydrogen-bond acceptors (Lipinski definition) is 3. The van der Waals surface area contributed by atoms with Gasteiger partial charge in [0.25, 0.3) is 0 Å². The molecule has 66 valence electrons. The first kappa shape index (κ1) is 9.07. The van der Waals surface area contributed by atoms with Crippen LogP contribution in [0.4, 0.5) is 0 Å². The molecule has 4 nitrogen and oxygen atoms in total. The van der Waals surface area contributed by atoms with E-state index in [9.17, 15) is 4.79 Å². The van der Waals surface area contributed by atoms with Crippen LogP contribution in [0.25, 0.3) is 6.08 Å². The van der Waals surface area contributed by atoms with Gasteiger partial charge in [-0.25, -0.2) is 4.79 Å². The minimum atomic E-state index is -1.25. The van der Waals surface area contributed by atoms with Crippen molar-refractivity contribution in [2.45, 2.75) is 6.92 Å². The molecular weight excluding hydrogens is 170 g/mol. The van der Waals surface area contributed by atoms with Crippen molar-refractivity contribution in [3.63, 3.8) is 0 Å². The van der Waals surface area contributed by atoms with Gasteiger partial charge in [0.05, 0.1) is 0 Å². The largest absolute Gasteiger partial charge is 0.477 e. The molecule has 0 bridgehead atoms. The van der Waals surface area contributed by atoms with Crippen LogP contribution in [0.3, 0.4) is 0 Å². The van der Waals surface area contributed by atoms with Crippen LogP contribution in [-0.4, -0.2) is 11.1 Å². The van der Waals surface area contributed by atoms with Gasteiger partial charge in [0.1, 0.15) is 23.2 Å². The maximum atomic E-state index is 10.4. The zero-order valence-corrected chi connectivity index (χ0v) is 6.94. The number of nitrogens with zero attached hydrogens (tertiary/aromatic N) is 1. The van der Waals surface area contributed by atoms with E-state index in [0.717, 1.165) is 0 Å². The van der Waals surface area contributed by atoms with E-state index in [-0.39, 0.29) is 5.57 Å². The van der Waals surface area contributed by atoms with Gasteiger partial charge in [0.2, 0.25) is 0 Å². The summed E-state index contributed by atoms with van der Waals surface area (Å²) in [5, 5.41) is 16.9. The van der Waals surface area contributed by atoms with Crippen molar-refractivity contribution in [2.24, 2.45) is 0 Å². The molecule has 0 aliphatic rings. The number of carbonyl (C=O) groups is 1. The molecule has 0 saturated heterocycles.